The van der Waals surface area contributed by atoms with Gasteiger partial charge in [0.05, 0.1) is 6.33 Å². The Kier molecular flexibility index (Phi) is 4.07. The van der Waals surface area contributed by atoms with Crippen LogP contribution in [0.5, 0.6) is 0 Å². The standard InChI is InChI=1S/C14H24N4O2S/c1-2-17-10-13(16-12-17)21(19,20)18-9-8-15-11-14(18)6-4-3-5-7-14/h10,12,15H,2-9,11H2,1H3. The summed E-state index contributed by atoms with van der Waals surface area (Å²) in [6, 6.07) is 0. The molecule has 1 saturated carbocycles. The third kappa shape index (κ3) is 2.62. The summed E-state index contributed by atoms with van der Waals surface area (Å²) in [5, 5.41) is 3.57. The van der Waals surface area contributed by atoms with Gasteiger partial charge in [-0.05, 0) is 19.8 Å². The zero-order chi connectivity index (χ0) is 14.9. The lowest BCUT2D eigenvalue weighted by molar-refractivity contribution is 0.101. The van der Waals surface area contributed by atoms with Crippen LogP contribution in [0, 0.1) is 0 Å². The molecule has 0 atom stereocenters. The highest BCUT2D eigenvalue weighted by molar-refractivity contribution is 7.89. The normalized spacial score (nSPS) is 23.5. The molecule has 1 N–H and O–H groups in total. The molecule has 2 heterocycles. The minimum Gasteiger partial charge on any atom is -0.336 e. The van der Waals surface area contributed by atoms with E-state index in [2.05, 4.69) is 10.3 Å². The summed E-state index contributed by atoms with van der Waals surface area (Å²) < 4.78 is 29.6. The van der Waals surface area contributed by atoms with Crippen LogP contribution < -0.4 is 5.32 Å². The van der Waals surface area contributed by atoms with Crippen LogP contribution in [-0.2, 0) is 16.6 Å². The third-order valence-electron chi connectivity index (χ3n) is 4.79. The molecule has 0 unspecified atom stereocenters. The van der Waals surface area contributed by atoms with E-state index in [9.17, 15) is 8.42 Å². The van der Waals surface area contributed by atoms with Crippen molar-refractivity contribution in [2.45, 2.75) is 56.1 Å². The zero-order valence-corrected chi connectivity index (χ0v) is 13.4. The lowest BCUT2D eigenvalue weighted by atomic mass is 9.80. The molecule has 0 radical (unpaired) electrons. The monoisotopic (exact) mass is 312 g/mol. The quantitative estimate of drug-likeness (QED) is 0.911. The smallest absolute Gasteiger partial charge is 0.262 e. The Morgan fingerprint density at radius 1 is 1.33 bits per heavy atom. The first-order valence-corrected chi connectivity index (χ1v) is 9.28. The number of aromatic nitrogens is 2. The van der Waals surface area contributed by atoms with Crippen LogP contribution in [0.1, 0.15) is 39.0 Å². The number of hydrogen-bond donors (Lipinski definition) is 1. The number of sulfonamides is 1. The van der Waals surface area contributed by atoms with Crippen LogP contribution in [0.2, 0.25) is 0 Å². The molecule has 6 nitrogen and oxygen atoms in total. The van der Waals surface area contributed by atoms with Crippen LogP contribution in [0.3, 0.4) is 0 Å². The molecule has 1 saturated heterocycles. The lowest BCUT2D eigenvalue weighted by Gasteiger charge is -2.48. The molecule has 0 aromatic carbocycles. The van der Waals surface area contributed by atoms with Gasteiger partial charge >= 0.3 is 0 Å². The van der Waals surface area contributed by atoms with E-state index in [0.717, 1.165) is 45.3 Å². The first-order valence-electron chi connectivity index (χ1n) is 7.84. The number of imidazole rings is 1. The van der Waals surface area contributed by atoms with Gasteiger partial charge in [0, 0.05) is 37.9 Å². The predicted octanol–water partition coefficient (Wildman–Crippen LogP) is 1.20. The van der Waals surface area contributed by atoms with Crippen molar-refractivity contribution >= 4 is 10.0 Å². The van der Waals surface area contributed by atoms with E-state index in [4.69, 9.17) is 0 Å². The topological polar surface area (TPSA) is 67.2 Å². The fourth-order valence-electron chi connectivity index (χ4n) is 3.60. The van der Waals surface area contributed by atoms with Crippen molar-refractivity contribution < 1.29 is 8.42 Å². The van der Waals surface area contributed by atoms with E-state index in [-0.39, 0.29) is 10.6 Å². The van der Waals surface area contributed by atoms with E-state index < -0.39 is 10.0 Å². The summed E-state index contributed by atoms with van der Waals surface area (Å²) in [6.45, 7) is 4.73. The number of nitrogens with one attached hydrogen (secondary N) is 1. The van der Waals surface area contributed by atoms with E-state index in [1.165, 1.54) is 6.42 Å². The second kappa shape index (κ2) is 5.70. The number of hydrogen-bond acceptors (Lipinski definition) is 4. The SMILES string of the molecule is CCn1cnc(S(=O)(=O)N2CCNCC23CCCCC3)c1. The molecule has 118 valence electrons. The Bertz CT molecular complexity index is 582. The second-order valence-electron chi connectivity index (χ2n) is 6.08. The summed E-state index contributed by atoms with van der Waals surface area (Å²) in [6.07, 6.45) is 8.58. The minimum absolute atomic E-state index is 0.191. The fraction of sp³-hybridized carbons (Fsp3) is 0.786. The average molecular weight is 312 g/mol. The van der Waals surface area contributed by atoms with Gasteiger partial charge < -0.3 is 9.88 Å². The fourth-order valence-corrected chi connectivity index (χ4v) is 5.36. The molecule has 1 aromatic heterocycles. The molecule has 21 heavy (non-hydrogen) atoms. The Morgan fingerprint density at radius 2 is 2.10 bits per heavy atom. The van der Waals surface area contributed by atoms with E-state index >= 15 is 0 Å². The van der Waals surface area contributed by atoms with Crippen LogP contribution in [0.25, 0.3) is 0 Å². The Hall–Kier alpha value is -0.920. The van der Waals surface area contributed by atoms with Gasteiger partial charge in [-0.15, -0.1) is 0 Å². The molecule has 0 amide bonds. The predicted molar refractivity (Wildman–Crippen MR) is 80.5 cm³/mol. The van der Waals surface area contributed by atoms with Crippen molar-refractivity contribution in [1.82, 2.24) is 19.2 Å². The van der Waals surface area contributed by atoms with Crippen molar-refractivity contribution in [2.24, 2.45) is 0 Å². The van der Waals surface area contributed by atoms with Gasteiger partial charge in [0.25, 0.3) is 10.0 Å². The third-order valence-corrected chi connectivity index (χ3v) is 6.68. The Balaban J connectivity index is 1.95. The Labute approximate surface area is 126 Å². The summed E-state index contributed by atoms with van der Waals surface area (Å²) >= 11 is 0. The van der Waals surface area contributed by atoms with Crippen molar-refractivity contribution in [3.8, 4) is 0 Å². The molecule has 0 bridgehead atoms. The first-order chi connectivity index (χ1) is 10.1. The molecule has 3 rings (SSSR count). The maximum atomic E-state index is 13.0. The molecular weight excluding hydrogens is 288 g/mol. The molecule has 1 spiro atoms. The second-order valence-corrected chi connectivity index (χ2v) is 7.89. The maximum Gasteiger partial charge on any atom is 0.262 e. The van der Waals surface area contributed by atoms with Crippen molar-refractivity contribution in [3.63, 3.8) is 0 Å². The average Bonchev–Trinajstić information content (AvgIpc) is 2.98. The van der Waals surface area contributed by atoms with Crippen molar-refractivity contribution in [1.29, 1.82) is 0 Å². The zero-order valence-electron chi connectivity index (χ0n) is 12.6. The highest BCUT2D eigenvalue weighted by Crippen LogP contribution is 2.37. The van der Waals surface area contributed by atoms with Crippen LogP contribution in [-0.4, -0.2) is 47.4 Å². The van der Waals surface area contributed by atoms with Gasteiger partial charge in [-0.3, -0.25) is 0 Å². The van der Waals surface area contributed by atoms with E-state index in [0.29, 0.717) is 6.54 Å². The summed E-state index contributed by atoms with van der Waals surface area (Å²) in [5.41, 5.74) is -0.245. The van der Waals surface area contributed by atoms with Gasteiger partial charge in [-0.1, -0.05) is 19.3 Å². The highest BCUT2D eigenvalue weighted by atomic mass is 32.2. The van der Waals surface area contributed by atoms with Gasteiger partial charge in [-0.25, -0.2) is 13.4 Å². The van der Waals surface area contributed by atoms with Crippen molar-refractivity contribution in [3.05, 3.63) is 12.5 Å². The summed E-state index contributed by atoms with van der Waals surface area (Å²) in [5.74, 6) is 0. The number of nitrogens with zero attached hydrogens (tertiary/aromatic N) is 3. The molecule has 2 fully saturated rings. The van der Waals surface area contributed by atoms with Crippen molar-refractivity contribution in [2.75, 3.05) is 19.6 Å². The number of aryl methyl sites for hydroxylation is 1. The van der Waals surface area contributed by atoms with E-state index in [1.807, 2.05) is 11.5 Å². The first kappa shape index (κ1) is 15.0. The number of piperazine rings is 1. The van der Waals surface area contributed by atoms with Gasteiger partial charge in [0.2, 0.25) is 0 Å². The minimum atomic E-state index is -3.50. The maximum absolute atomic E-state index is 13.0. The molecule has 2 aliphatic rings. The Morgan fingerprint density at radius 3 is 2.76 bits per heavy atom. The van der Waals surface area contributed by atoms with Crippen LogP contribution in [0.4, 0.5) is 0 Å². The largest absolute Gasteiger partial charge is 0.336 e. The molecular formula is C14H24N4O2S. The van der Waals surface area contributed by atoms with Crippen LogP contribution >= 0.6 is 0 Å². The molecule has 1 aliphatic heterocycles. The molecule has 1 aromatic rings. The van der Waals surface area contributed by atoms with Gasteiger partial charge in [-0.2, -0.15) is 4.31 Å². The van der Waals surface area contributed by atoms with Gasteiger partial charge in [0.1, 0.15) is 0 Å². The van der Waals surface area contributed by atoms with Crippen LogP contribution in [0.15, 0.2) is 17.6 Å². The molecule has 7 heteroatoms. The lowest BCUT2D eigenvalue weighted by Crippen LogP contribution is -2.63. The van der Waals surface area contributed by atoms with Gasteiger partial charge in [0.15, 0.2) is 5.03 Å². The highest BCUT2D eigenvalue weighted by Gasteiger charge is 2.46. The summed E-state index contributed by atoms with van der Waals surface area (Å²) in [7, 11) is -3.50. The van der Waals surface area contributed by atoms with E-state index in [1.54, 1.807) is 16.8 Å². The summed E-state index contributed by atoms with van der Waals surface area (Å²) in [4.78, 5) is 4.12. The molecule has 1 aliphatic carbocycles. The number of rotatable bonds is 3.